The molecule has 0 atom stereocenters. The summed E-state index contributed by atoms with van der Waals surface area (Å²) in [5.41, 5.74) is 0.00346. The summed E-state index contributed by atoms with van der Waals surface area (Å²) >= 11 is 0. The number of hydrogen-bond donors (Lipinski definition) is 0. The lowest BCUT2D eigenvalue weighted by atomic mass is 10.2. The molecule has 9 heteroatoms. The van der Waals surface area contributed by atoms with Crippen molar-refractivity contribution in [3.8, 4) is 0 Å². The first kappa shape index (κ1) is 19.4. The molecule has 1 heterocycles. The fourth-order valence-electron chi connectivity index (χ4n) is 2.90. The number of nitrogens with zero attached hydrogens (tertiary/aromatic N) is 2. The van der Waals surface area contributed by atoms with Crippen LogP contribution in [0.1, 0.15) is 16.8 Å². The van der Waals surface area contributed by atoms with Crippen LogP contribution in [0.2, 0.25) is 0 Å². The van der Waals surface area contributed by atoms with Crippen LogP contribution < -0.4 is 0 Å². The zero-order valence-corrected chi connectivity index (χ0v) is 15.1. The molecule has 1 aliphatic rings. The van der Waals surface area contributed by atoms with E-state index in [2.05, 4.69) is 0 Å². The van der Waals surface area contributed by atoms with Crippen molar-refractivity contribution >= 4 is 15.9 Å². The van der Waals surface area contributed by atoms with Gasteiger partial charge in [0.15, 0.2) is 11.6 Å². The van der Waals surface area contributed by atoms with Gasteiger partial charge in [0.2, 0.25) is 10.0 Å². The summed E-state index contributed by atoms with van der Waals surface area (Å²) in [6, 6.07) is 7.44. The summed E-state index contributed by atoms with van der Waals surface area (Å²) in [5.74, 6) is -3.18. The number of halogens is 3. The number of sulfonamides is 1. The van der Waals surface area contributed by atoms with E-state index in [9.17, 15) is 26.4 Å². The highest BCUT2D eigenvalue weighted by Crippen LogP contribution is 2.19. The highest BCUT2D eigenvalue weighted by Gasteiger charge is 2.28. The second kappa shape index (κ2) is 7.69. The molecule has 2 aromatic rings. The van der Waals surface area contributed by atoms with E-state index >= 15 is 0 Å². The summed E-state index contributed by atoms with van der Waals surface area (Å²) in [4.78, 5) is 13.9. The lowest BCUT2D eigenvalue weighted by molar-refractivity contribution is 0.0763. The second-order valence-corrected chi connectivity index (χ2v) is 8.07. The van der Waals surface area contributed by atoms with E-state index in [1.54, 1.807) is 0 Å². The third-order valence-electron chi connectivity index (χ3n) is 4.36. The molecule has 0 aliphatic carbocycles. The van der Waals surface area contributed by atoms with Gasteiger partial charge < -0.3 is 4.90 Å². The van der Waals surface area contributed by atoms with Crippen LogP contribution in [0.15, 0.2) is 47.4 Å². The molecule has 0 N–H and O–H groups in total. The van der Waals surface area contributed by atoms with Crippen LogP contribution in [0.3, 0.4) is 0 Å². The van der Waals surface area contributed by atoms with Crippen LogP contribution in [0.25, 0.3) is 0 Å². The molecule has 5 nitrogen and oxygen atoms in total. The molecule has 0 bridgehead atoms. The average Bonchev–Trinajstić information content (AvgIpc) is 2.90. The van der Waals surface area contributed by atoms with Crippen molar-refractivity contribution in [3.05, 3.63) is 65.5 Å². The van der Waals surface area contributed by atoms with Gasteiger partial charge in [-0.25, -0.2) is 21.6 Å². The lowest BCUT2D eigenvalue weighted by Crippen LogP contribution is -2.37. The van der Waals surface area contributed by atoms with Crippen LogP contribution >= 0.6 is 0 Å². The number of benzene rings is 2. The van der Waals surface area contributed by atoms with Crippen LogP contribution in [0.4, 0.5) is 13.2 Å². The van der Waals surface area contributed by atoms with Crippen molar-refractivity contribution in [1.29, 1.82) is 0 Å². The Kier molecular flexibility index (Phi) is 5.52. The zero-order chi connectivity index (χ0) is 19.6. The van der Waals surface area contributed by atoms with Crippen LogP contribution in [-0.4, -0.2) is 49.7 Å². The number of amides is 1. The molecular weight excluding hydrogens is 381 g/mol. The Morgan fingerprint density at radius 2 is 1.56 bits per heavy atom. The quantitative estimate of drug-likeness (QED) is 0.799. The Morgan fingerprint density at radius 3 is 2.22 bits per heavy atom. The first-order valence-corrected chi connectivity index (χ1v) is 9.73. The average molecular weight is 398 g/mol. The minimum atomic E-state index is -3.81. The standard InChI is InChI=1S/C18H17F3N2O3S/c19-14-3-5-15(6-4-14)27(25,26)23-9-1-8-22(10-11-23)18(24)13-2-7-16(20)17(21)12-13/h2-7,12H,1,8-11H2. The molecule has 1 amide bonds. The third-order valence-corrected chi connectivity index (χ3v) is 6.27. The van der Waals surface area contributed by atoms with Crippen molar-refractivity contribution in [2.24, 2.45) is 0 Å². The third kappa shape index (κ3) is 4.14. The van der Waals surface area contributed by atoms with Gasteiger partial charge in [0.1, 0.15) is 5.82 Å². The molecule has 0 saturated carbocycles. The van der Waals surface area contributed by atoms with Gasteiger partial charge in [-0.1, -0.05) is 0 Å². The van der Waals surface area contributed by atoms with E-state index in [4.69, 9.17) is 0 Å². The summed E-state index contributed by atoms with van der Waals surface area (Å²) in [7, 11) is -3.81. The van der Waals surface area contributed by atoms with E-state index < -0.39 is 33.4 Å². The molecule has 3 rings (SSSR count). The Labute approximate surface area is 155 Å². The number of hydrogen-bond acceptors (Lipinski definition) is 3. The van der Waals surface area contributed by atoms with Gasteiger partial charge in [-0.3, -0.25) is 4.79 Å². The Morgan fingerprint density at radius 1 is 0.852 bits per heavy atom. The Balaban J connectivity index is 1.74. The highest BCUT2D eigenvalue weighted by molar-refractivity contribution is 7.89. The molecular formula is C18H17F3N2O3S. The SMILES string of the molecule is O=C(c1ccc(F)c(F)c1)N1CCCN(S(=O)(=O)c2ccc(F)cc2)CC1. The number of carbonyl (C=O) groups excluding carboxylic acids is 1. The topological polar surface area (TPSA) is 57.7 Å². The van der Waals surface area contributed by atoms with Gasteiger partial charge in [-0.2, -0.15) is 4.31 Å². The number of carbonyl (C=O) groups is 1. The van der Waals surface area contributed by atoms with Crippen LogP contribution in [-0.2, 0) is 10.0 Å². The van der Waals surface area contributed by atoms with Gasteiger partial charge in [-0.05, 0) is 48.9 Å². The van der Waals surface area contributed by atoms with Crippen molar-refractivity contribution in [2.75, 3.05) is 26.2 Å². The van der Waals surface area contributed by atoms with Gasteiger partial charge in [0.25, 0.3) is 5.91 Å². The van der Waals surface area contributed by atoms with Crippen molar-refractivity contribution in [1.82, 2.24) is 9.21 Å². The van der Waals surface area contributed by atoms with Gasteiger partial charge in [-0.15, -0.1) is 0 Å². The normalized spacial score (nSPS) is 16.2. The van der Waals surface area contributed by atoms with E-state index in [1.165, 1.54) is 27.4 Å². The maximum Gasteiger partial charge on any atom is 0.254 e. The minimum absolute atomic E-state index is 0.00346. The Bertz CT molecular complexity index is 949. The minimum Gasteiger partial charge on any atom is -0.337 e. The highest BCUT2D eigenvalue weighted by atomic mass is 32.2. The van der Waals surface area contributed by atoms with Gasteiger partial charge >= 0.3 is 0 Å². The van der Waals surface area contributed by atoms with Crippen molar-refractivity contribution in [2.45, 2.75) is 11.3 Å². The summed E-state index contributed by atoms with van der Waals surface area (Å²) in [6.45, 7) is 0.641. The first-order valence-electron chi connectivity index (χ1n) is 8.29. The number of rotatable bonds is 3. The largest absolute Gasteiger partial charge is 0.337 e. The van der Waals surface area contributed by atoms with Crippen molar-refractivity contribution < 1.29 is 26.4 Å². The summed E-state index contributed by atoms with van der Waals surface area (Å²) < 4.78 is 66.0. The Hall–Kier alpha value is -2.39. The van der Waals surface area contributed by atoms with Gasteiger partial charge in [0.05, 0.1) is 4.90 Å². The monoisotopic (exact) mass is 398 g/mol. The van der Waals surface area contributed by atoms with Gasteiger partial charge in [0, 0.05) is 31.7 Å². The molecule has 2 aromatic carbocycles. The molecule has 27 heavy (non-hydrogen) atoms. The first-order chi connectivity index (χ1) is 12.8. The molecule has 0 radical (unpaired) electrons. The molecule has 0 unspecified atom stereocenters. The second-order valence-electron chi connectivity index (χ2n) is 6.13. The van der Waals surface area contributed by atoms with E-state index in [-0.39, 0.29) is 36.6 Å². The smallest absolute Gasteiger partial charge is 0.254 e. The van der Waals surface area contributed by atoms with E-state index in [0.717, 1.165) is 24.3 Å². The predicted octanol–water partition coefficient (Wildman–Crippen LogP) is 2.64. The predicted molar refractivity (Wildman–Crippen MR) is 92.0 cm³/mol. The van der Waals surface area contributed by atoms with Crippen molar-refractivity contribution in [3.63, 3.8) is 0 Å². The zero-order valence-electron chi connectivity index (χ0n) is 14.2. The van der Waals surface area contributed by atoms with Crippen LogP contribution in [0, 0.1) is 17.5 Å². The molecule has 0 aromatic heterocycles. The van der Waals surface area contributed by atoms with E-state index in [1.807, 2.05) is 0 Å². The summed E-state index contributed by atoms with van der Waals surface area (Å²) in [6.07, 6.45) is 0.385. The fraction of sp³-hybridized carbons (Fsp3) is 0.278. The molecule has 1 fully saturated rings. The molecule has 1 aliphatic heterocycles. The maximum absolute atomic E-state index is 13.4. The maximum atomic E-state index is 13.4. The molecule has 0 spiro atoms. The van der Waals surface area contributed by atoms with E-state index in [0.29, 0.717) is 6.42 Å². The molecule has 144 valence electrons. The lowest BCUT2D eigenvalue weighted by Gasteiger charge is -2.22. The summed E-state index contributed by atoms with van der Waals surface area (Å²) in [5, 5.41) is 0. The molecule has 1 saturated heterocycles. The fourth-order valence-corrected chi connectivity index (χ4v) is 4.37. The van der Waals surface area contributed by atoms with Crippen LogP contribution in [0.5, 0.6) is 0 Å².